The maximum atomic E-state index is 11.9. The maximum Gasteiger partial charge on any atom is 0.255 e. The summed E-state index contributed by atoms with van der Waals surface area (Å²) < 4.78 is 0. The van der Waals surface area contributed by atoms with Crippen LogP contribution in [-0.2, 0) is 6.42 Å². The molecule has 0 fully saturated rings. The fourth-order valence-corrected chi connectivity index (χ4v) is 1.72. The van der Waals surface area contributed by atoms with Crippen molar-refractivity contribution >= 4 is 23.2 Å². The molecule has 19 heavy (non-hydrogen) atoms. The molecule has 4 nitrogen and oxygen atoms in total. The summed E-state index contributed by atoms with van der Waals surface area (Å²) in [6, 6.07) is 12.3. The number of nitrogens with one attached hydrogen (secondary N) is 1. The SMILES string of the molecule is N#CCc1ccc(NC(=O)c2ccnc(Cl)c2)cc1. The van der Waals surface area contributed by atoms with Gasteiger partial charge in [-0.25, -0.2) is 4.98 Å². The molecule has 0 saturated heterocycles. The van der Waals surface area contributed by atoms with Crippen molar-refractivity contribution < 1.29 is 4.79 Å². The van der Waals surface area contributed by atoms with Gasteiger partial charge >= 0.3 is 0 Å². The van der Waals surface area contributed by atoms with Crippen molar-refractivity contribution in [2.24, 2.45) is 0 Å². The van der Waals surface area contributed by atoms with Gasteiger partial charge in [-0.2, -0.15) is 5.26 Å². The number of anilines is 1. The summed E-state index contributed by atoms with van der Waals surface area (Å²) >= 11 is 5.73. The number of nitrogens with zero attached hydrogens (tertiary/aromatic N) is 2. The molecule has 1 amide bonds. The number of benzene rings is 1. The quantitative estimate of drug-likeness (QED) is 0.873. The second-order valence-corrected chi connectivity index (χ2v) is 4.24. The first kappa shape index (κ1) is 13.1. The zero-order chi connectivity index (χ0) is 13.7. The van der Waals surface area contributed by atoms with Gasteiger partial charge in [0.15, 0.2) is 0 Å². The van der Waals surface area contributed by atoms with Gasteiger partial charge in [-0.3, -0.25) is 4.79 Å². The van der Waals surface area contributed by atoms with Gasteiger partial charge in [0.1, 0.15) is 5.15 Å². The molecule has 0 aliphatic heterocycles. The lowest BCUT2D eigenvalue weighted by Crippen LogP contribution is -2.11. The van der Waals surface area contributed by atoms with Crippen LogP contribution < -0.4 is 5.32 Å². The minimum atomic E-state index is -0.252. The largest absolute Gasteiger partial charge is 0.322 e. The van der Waals surface area contributed by atoms with Crippen LogP contribution in [0, 0.1) is 11.3 Å². The third-order valence-electron chi connectivity index (χ3n) is 2.48. The summed E-state index contributed by atoms with van der Waals surface area (Å²) in [5.74, 6) is -0.252. The van der Waals surface area contributed by atoms with E-state index in [2.05, 4.69) is 16.4 Å². The number of carbonyl (C=O) groups excluding carboxylic acids is 1. The lowest BCUT2D eigenvalue weighted by atomic mass is 10.1. The average molecular weight is 272 g/mol. The third-order valence-corrected chi connectivity index (χ3v) is 2.69. The molecule has 1 aromatic carbocycles. The second-order valence-electron chi connectivity index (χ2n) is 3.85. The molecule has 94 valence electrons. The van der Waals surface area contributed by atoms with Crippen LogP contribution in [0.5, 0.6) is 0 Å². The van der Waals surface area contributed by atoms with Crippen LogP contribution in [0.2, 0.25) is 5.15 Å². The first-order chi connectivity index (χ1) is 9.19. The number of amides is 1. The van der Waals surface area contributed by atoms with Crippen LogP contribution in [0.3, 0.4) is 0 Å². The number of hydrogen-bond acceptors (Lipinski definition) is 3. The fraction of sp³-hybridized carbons (Fsp3) is 0.0714. The van der Waals surface area contributed by atoms with E-state index in [4.69, 9.17) is 16.9 Å². The highest BCUT2D eigenvalue weighted by Gasteiger charge is 2.06. The Hall–Kier alpha value is -2.38. The van der Waals surface area contributed by atoms with E-state index in [1.807, 2.05) is 0 Å². The Kier molecular flexibility index (Phi) is 4.11. The molecule has 1 N–H and O–H groups in total. The zero-order valence-electron chi connectivity index (χ0n) is 9.93. The van der Waals surface area contributed by atoms with Crippen LogP contribution in [-0.4, -0.2) is 10.9 Å². The summed E-state index contributed by atoms with van der Waals surface area (Å²) in [5, 5.41) is 11.6. The second kappa shape index (κ2) is 5.98. The van der Waals surface area contributed by atoms with Gasteiger partial charge in [-0.05, 0) is 29.8 Å². The molecule has 0 spiro atoms. The Balaban J connectivity index is 2.09. The Morgan fingerprint density at radius 2 is 2.05 bits per heavy atom. The molecule has 0 atom stereocenters. The molecule has 0 saturated carbocycles. The van der Waals surface area contributed by atoms with Crippen LogP contribution in [0.15, 0.2) is 42.6 Å². The van der Waals surface area contributed by atoms with Crippen molar-refractivity contribution in [1.82, 2.24) is 4.98 Å². The Morgan fingerprint density at radius 3 is 2.68 bits per heavy atom. The predicted octanol–water partition coefficient (Wildman–Crippen LogP) is 3.05. The average Bonchev–Trinajstić information content (AvgIpc) is 2.41. The predicted molar refractivity (Wildman–Crippen MR) is 73.0 cm³/mol. The number of nitriles is 1. The monoisotopic (exact) mass is 271 g/mol. The number of aromatic nitrogens is 1. The molecular formula is C14H10ClN3O. The van der Waals surface area contributed by atoms with E-state index >= 15 is 0 Å². The van der Waals surface area contributed by atoms with Crippen molar-refractivity contribution in [3.63, 3.8) is 0 Å². The minimum absolute atomic E-state index is 0.252. The molecule has 0 radical (unpaired) electrons. The Bertz CT molecular complexity index is 632. The Labute approximate surface area is 115 Å². The smallest absolute Gasteiger partial charge is 0.255 e. The maximum absolute atomic E-state index is 11.9. The summed E-state index contributed by atoms with van der Waals surface area (Å²) in [6.45, 7) is 0. The van der Waals surface area contributed by atoms with Crippen molar-refractivity contribution in [3.05, 3.63) is 58.9 Å². The third kappa shape index (κ3) is 3.54. The molecule has 0 bridgehead atoms. The lowest BCUT2D eigenvalue weighted by Gasteiger charge is -2.05. The fourth-order valence-electron chi connectivity index (χ4n) is 1.54. The molecule has 1 heterocycles. The first-order valence-electron chi connectivity index (χ1n) is 5.58. The number of halogens is 1. The van der Waals surface area contributed by atoms with E-state index in [-0.39, 0.29) is 11.1 Å². The topological polar surface area (TPSA) is 65.8 Å². The number of pyridine rings is 1. The van der Waals surface area contributed by atoms with E-state index in [0.717, 1.165) is 5.56 Å². The zero-order valence-corrected chi connectivity index (χ0v) is 10.7. The number of rotatable bonds is 3. The highest BCUT2D eigenvalue weighted by molar-refractivity contribution is 6.29. The van der Waals surface area contributed by atoms with Gasteiger partial charge < -0.3 is 5.32 Å². The molecule has 5 heteroatoms. The van der Waals surface area contributed by atoms with Crippen LogP contribution in [0.25, 0.3) is 0 Å². The molecular weight excluding hydrogens is 262 g/mol. The molecule has 0 unspecified atom stereocenters. The molecule has 1 aromatic heterocycles. The number of hydrogen-bond donors (Lipinski definition) is 1. The van der Waals surface area contributed by atoms with Crippen LogP contribution in [0.4, 0.5) is 5.69 Å². The minimum Gasteiger partial charge on any atom is -0.322 e. The van der Waals surface area contributed by atoms with E-state index in [1.54, 1.807) is 30.3 Å². The van der Waals surface area contributed by atoms with E-state index in [9.17, 15) is 4.79 Å². The van der Waals surface area contributed by atoms with Gasteiger partial charge in [0, 0.05) is 17.4 Å². The molecule has 0 aliphatic carbocycles. The summed E-state index contributed by atoms with van der Waals surface area (Å²) in [7, 11) is 0. The summed E-state index contributed by atoms with van der Waals surface area (Å²) in [5.41, 5.74) is 2.02. The van der Waals surface area contributed by atoms with Crippen molar-refractivity contribution in [3.8, 4) is 6.07 Å². The molecule has 2 aromatic rings. The van der Waals surface area contributed by atoms with Gasteiger partial charge in [-0.1, -0.05) is 23.7 Å². The normalized spacial score (nSPS) is 9.68. The van der Waals surface area contributed by atoms with Gasteiger partial charge in [0.2, 0.25) is 0 Å². The first-order valence-corrected chi connectivity index (χ1v) is 5.95. The van der Waals surface area contributed by atoms with Crippen molar-refractivity contribution in [1.29, 1.82) is 5.26 Å². The molecule has 0 aliphatic rings. The summed E-state index contributed by atoms with van der Waals surface area (Å²) in [6.07, 6.45) is 1.83. The highest BCUT2D eigenvalue weighted by Crippen LogP contribution is 2.13. The Morgan fingerprint density at radius 1 is 1.32 bits per heavy atom. The van der Waals surface area contributed by atoms with Gasteiger partial charge in [0.05, 0.1) is 12.5 Å². The highest BCUT2D eigenvalue weighted by atomic mass is 35.5. The van der Waals surface area contributed by atoms with Crippen molar-refractivity contribution in [2.45, 2.75) is 6.42 Å². The lowest BCUT2D eigenvalue weighted by molar-refractivity contribution is 0.102. The van der Waals surface area contributed by atoms with E-state index in [1.165, 1.54) is 12.3 Å². The van der Waals surface area contributed by atoms with Gasteiger partial charge in [-0.15, -0.1) is 0 Å². The summed E-state index contributed by atoms with van der Waals surface area (Å²) in [4.78, 5) is 15.7. The number of carbonyl (C=O) groups is 1. The standard InChI is InChI=1S/C14H10ClN3O/c15-13-9-11(6-8-17-13)14(19)18-12-3-1-10(2-4-12)5-7-16/h1-4,6,8-9H,5H2,(H,18,19). The van der Waals surface area contributed by atoms with E-state index in [0.29, 0.717) is 17.7 Å². The van der Waals surface area contributed by atoms with Crippen LogP contribution in [0.1, 0.15) is 15.9 Å². The van der Waals surface area contributed by atoms with Crippen molar-refractivity contribution in [2.75, 3.05) is 5.32 Å². The molecule has 2 rings (SSSR count). The van der Waals surface area contributed by atoms with E-state index < -0.39 is 0 Å². The van der Waals surface area contributed by atoms with Gasteiger partial charge in [0.25, 0.3) is 5.91 Å². The van der Waals surface area contributed by atoms with Crippen LogP contribution >= 0.6 is 11.6 Å².